The van der Waals surface area contributed by atoms with Gasteiger partial charge in [0.25, 0.3) is 0 Å². The Bertz CT molecular complexity index is 723. The number of aromatic nitrogens is 3. The normalized spacial score (nSPS) is 23.8. The van der Waals surface area contributed by atoms with Crippen molar-refractivity contribution in [3.63, 3.8) is 0 Å². The molecule has 130 valence electrons. The SMILES string of the molecule is OC1(Cn2cncn2)CCCC1Cc1c(F)c(F)c(F)c(F)c1F. The van der Waals surface area contributed by atoms with Gasteiger partial charge in [-0.15, -0.1) is 0 Å². The van der Waals surface area contributed by atoms with Gasteiger partial charge in [-0.05, 0) is 25.2 Å². The summed E-state index contributed by atoms with van der Waals surface area (Å²) in [5, 5.41) is 14.6. The van der Waals surface area contributed by atoms with Crippen LogP contribution in [0.2, 0.25) is 0 Å². The third-order valence-electron chi connectivity index (χ3n) is 4.58. The molecule has 1 aliphatic carbocycles. The van der Waals surface area contributed by atoms with Gasteiger partial charge in [-0.2, -0.15) is 5.10 Å². The third kappa shape index (κ3) is 2.77. The van der Waals surface area contributed by atoms with Crippen molar-refractivity contribution in [2.45, 2.75) is 37.8 Å². The molecule has 1 N–H and O–H groups in total. The molecule has 4 nitrogen and oxygen atoms in total. The molecule has 1 aromatic heterocycles. The minimum Gasteiger partial charge on any atom is -0.388 e. The van der Waals surface area contributed by atoms with Gasteiger partial charge in [0.15, 0.2) is 23.3 Å². The zero-order valence-electron chi connectivity index (χ0n) is 12.4. The van der Waals surface area contributed by atoms with Crippen LogP contribution in [0.15, 0.2) is 12.7 Å². The summed E-state index contributed by atoms with van der Waals surface area (Å²) in [6, 6.07) is 0. The van der Waals surface area contributed by atoms with Crippen molar-refractivity contribution in [3.05, 3.63) is 47.3 Å². The second kappa shape index (κ2) is 6.12. The lowest BCUT2D eigenvalue weighted by Crippen LogP contribution is -2.39. The number of rotatable bonds is 4. The fourth-order valence-electron chi connectivity index (χ4n) is 3.30. The predicted octanol–water partition coefficient (Wildman–Crippen LogP) is 2.75. The van der Waals surface area contributed by atoms with Crippen LogP contribution in [0.1, 0.15) is 24.8 Å². The number of nitrogens with zero attached hydrogens (tertiary/aromatic N) is 3. The van der Waals surface area contributed by atoms with Crippen LogP contribution in [0.25, 0.3) is 0 Å². The molecule has 0 radical (unpaired) electrons. The van der Waals surface area contributed by atoms with Crippen LogP contribution in [0.3, 0.4) is 0 Å². The molecule has 2 unspecified atom stereocenters. The molecule has 24 heavy (non-hydrogen) atoms. The van der Waals surface area contributed by atoms with Gasteiger partial charge in [-0.1, -0.05) is 6.42 Å². The molecular formula is C15H14F5N3O. The Morgan fingerprint density at radius 1 is 1.08 bits per heavy atom. The van der Waals surface area contributed by atoms with Crippen molar-refractivity contribution in [3.8, 4) is 0 Å². The van der Waals surface area contributed by atoms with Crippen LogP contribution < -0.4 is 0 Å². The Morgan fingerprint density at radius 3 is 2.29 bits per heavy atom. The first-order chi connectivity index (χ1) is 11.3. The van der Waals surface area contributed by atoms with Crippen molar-refractivity contribution in [1.82, 2.24) is 14.8 Å². The Hall–Kier alpha value is -2.03. The Balaban J connectivity index is 1.90. The molecular weight excluding hydrogens is 333 g/mol. The van der Waals surface area contributed by atoms with E-state index in [-0.39, 0.29) is 6.54 Å². The Labute approximate surface area is 133 Å². The molecule has 1 aromatic carbocycles. The number of halogens is 5. The minimum absolute atomic E-state index is 0.0348. The Morgan fingerprint density at radius 2 is 1.71 bits per heavy atom. The monoisotopic (exact) mass is 347 g/mol. The highest BCUT2D eigenvalue weighted by Gasteiger charge is 2.43. The molecule has 1 saturated carbocycles. The third-order valence-corrected chi connectivity index (χ3v) is 4.58. The van der Waals surface area contributed by atoms with Gasteiger partial charge in [0.1, 0.15) is 12.7 Å². The lowest BCUT2D eigenvalue weighted by molar-refractivity contribution is -0.0169. The maximum Gasteiger partial charge on any atom is 0.200 e. The van der Waals surface area contributed by atoms with Crippen molar-refractivity contribution in [1.29, 1.82) is 0 Å². The number of hydrogen-bond donors (Lipinski definition) is 1. The van der Waals surface area contributed by atoms with E-state index in [1.807, 2.05) is 0 Å². The summed E-state index contributed by atoms with van der Waals surface area (Å²) >= 11 is 0. The smallest absolute Gasteiger partial charge is 0.200 e. The molecule has 0 spiro atoms. The first-order valence-electron chi connectivity index (χ1n) is 7.38. The summed E-state index contributed by atoms with van der Waals surface area (Å²) in [6.45, 7) is 0.0348. The second-order valence-corrected chi connectivity index (χ2v) is 6.04. The van der Waals surface area contributed by atoms with Crippen LogP contribution >= 0.6 is 0 Å². The van der Waals surface area contributed by atoms with Gasteiger partial charge in [0.2, 0.25) is 5.82 Å². The first kappa shape index (κ1) is 16.8. The predicted molar refractivity (Wildman–Crippen MR) is 72.2 cm³/mol. The van der Waals surface area contributed by atoms with Gasteiger partial charge >= 0.3 is 0 Å². The second-order valence-electron chi connectivity index (χ2n) is 6.04. The van der Waals surface area contributed by atoms with Crippen LogP contribution in [-0.4, -0.2) is 25.5 Å². The topological polar surface area (TPSA) is 50.9 Å². The molecule has 2 atom stereocenters. The van der Waals surface area contributed by atoms with E-state index < -0.39 is 52.6 Å². The molecule has 0 amide bonds. The van der Waals surface area contributed by atoms with E-state index >= 15 is 0 Å². The quantitative estimate of drug-likeness (QED) is 0.526. The molecule has 1 heterocycles. The van der Waals surface area contributed by atoms with Gasteiger partial charge < -0.3 is 5.11 Å². The van der Waals surface area contributed by atoms with Crippen molar-refractivity contribution < 1.29 is 27.1 Å². The summed E-state index contributed by atoms with van der Waals surface area (Å²) in [7, 11) is 0. The lowest BCUT2D eigenvalue weighted by Gasteiger charge is -2.30. The fourth-order valence-corrected chi connectivity index (χ4v) is 3.30. The van der Waals surface area contributed by atoms with Gasteiger partial charge in [0.05, 0.1) is 12.1 Å². The molecule has 0 aliphatic heterocycles. The molecule has 1 aliphatic rings. The van der Waals surface area contributed by atoms with Crippen molar-refractivity contribution in [2.75, 3.05) is 0 Å². The highest BCUT2D eigenvalue weighted by molar-refractivity contribution is 5.25. The van der Waals surface area contributed by atoms with Crippen LogP contribution in [-0.2, 0) is 13.0 Å². The van der Waals surface area contributed by atoms with E-state index in [0.29, 0.717) is 19.3 Å². The first-order valence-corrected chi connectivity index (χ1v) is 7.38. The number of aliphatic hydroxyl groups is 1. The highest BCUT2D eigenvalue weighted by Crippen LogP contribution is 2.40. The molecule has 2 aromatic rings. The molecule has 0 bridgehead atoms. The zero-order chi connectivity index (χ0) is 17.5. The average molecular weight is 347 g/mol. The van der Waals surface area contributed by atoms with Crippen LogP contribution in [0.5, 0.6) is 0 Å². The number of benzene rings is 1. The fraction of sp³-hybridized carbons (Fsp3) is 0.467. The summed E-state index contributed by atoms with van der Waals surface area (Å²) in [5.41, 5.74) is -2.25. The molecule has 0 saturated heterocycles. The van der Waals surface area contributed by atoms with Gasteiger partial charge in [-0.3, -0.25) is 4.68 Å². The summed E-state index contributed by atoms with van der Waals surface area (Å²) in [4.78, 5) is 3.75. The highest BCUT2D eigenvalue weighted by atomic mass is 19.2. The summed E-state index contributed by atoms with van der Waals surface area (Å²) < 4.78 is 68.9. The van der Waals surface area contributed by atoms with Gasteiger partial charge in [-0.25, -0.2) is 26.9 Å². The van der Waals surface area contributed by atoms with Crippen molar-refractivity contribution in [2.24, 2.45) is 5.92 Å². The van der Waals surface area contributed by atoms with Crippen molar-refractivity contribution >= 4 is 0 Å². The minimum atomic E-state index is -2.18. The standard InChI is InChI=1S/C15H14F5N3O/c16-10-9(11(17)13(19)14(20)12(10)18)4-8-2-1-3-15(8,24)5-23-7-21-6-22-23/h6-8,24H,1-5H2. The molecule has 3 rings (SSSR count). The zero-order valence-corrected chi connectivity index (χ0v) is 12.4. The Kier molecular flexibility index (Phi) is 4.29. The summed E-state index contributed by atoms with van der Waals surface area (Å²) in [6.07, 6.45) is 3.53. The lowest BCUT2D eigenvalue weighted by atomic mass is 9.85. The maximum absolute atomic E-state index is 13.9. The number of hydrogen-bond acceptors (Lipinski definition) is 3. The molecule has 1 fully saturated rings. The van der Waals surface area contributed by atoms with Crippen LogP contribution in [0, 0.1) is 35.0 Å². The van der Waals surface area contributed by atoms with E-state index in [9.17, 15) is 27.1 Å². The van der Waals surface area contributed by atoms with E-state index in [1.54, 1.807) is 0 Å². The van der Waals surface area contributed by atoms with E-state index in [1.165, 1.54) is 17.3 Å². The maximum atomic E-state index is 13.9. The van der Waals surface area contributed by atoms with E-state index in [4.69, 9.17) is 0 Å². The average Bonchev–Trinajstić information content (AvgIpc) is 3.18. The van der Waals surface area contributed by atoms with Gasteiger partial charge in [0, 0.05) is 5.56 Å². The van der Waals surface area contributed by atoms with E-state index in [0.717, 1.165) is 0 Å². The van der Waals surface area contributed by atoms with E-state index in [2.05, 4.69) is 10.1 Å². The van der Waals surface area contributed by atoms with Crippen LogP contribution in [0.4, 0.5) is 22.0 Å². The summed E-state index contributed by atoms with van der Waals surface area (Å²) in [5.74, 6) is -10.5. The largest absolute Gasteiger partial charge is 0.388 e. The molecule has 9 heteroatoms.